The maximum atomic E-state index is 11.5. The molecule has 0 radical (unpaired) electrons. The molecule has 0 spiro atoms. The van der Waals surface area contributed by atoms with Gasteiger partial charge in [-0.3, -0.25) is 0 Å². The van der Waals surface area contributed by atoms with E-state index in [2.05, 4.69) is 20.7 Å². The Labute approximate surface area is 113 Å². The van der Waals surface area contributed by atoms with E-state index in [0.29, 0.717) is 4.47 Å². The molecule has 0 amide bonds. The van der Waals surface area contributed by atoms with Crippen molar-refractivity contribution in [2.75, 3.05) is 20.3 Å². The van der Waals surface area contributed by atoms with E-state index in [1.807, 2.05) is 0 Å². The molecule has 0 heterocycles. The van der Waals surface area contributed by atoms with Crippen LogP contribution in [0.15, 0.2) is 22.7 Å². The van der Waals surface area contributed by atoms with Gasteiger partial charge in [0, 0.05) is 4.47 Å². The van der Waals surface area contributed by atoms with Gasteiger partial charge in [-0.25, -0.2) is 9.59 Å². The number of halogens is 1. The van der Waals surface area contributed by atoms with Crippen LogP contribution in [-0.2, 0) is 14.3 Å². The number of hydrogen-bond acceptors (Lipinski definition) is 5. The lowest BCUT2D eigenvalue weighted by Crippen LogP contribution is -2.16. The Bertz CT molecular complexity index is 444. The quantitative estimate of drug-likeness (QED) is 0.779. The van der Waals surface area contributed by atoms with Gasteiger partial charge in [0.1, 0.15) is 11.3 Å². The summed E-state index contributed by atoms with van der Waals surface area (Å²) in [5, 5.41) is 0. The number of rotatable bonds is 5. The first-order valence-corrected chi connectivity index (χ1v) is 6.04. The van der Waals surface area contributed by atoms with Crippen LogP contribution in [0.2, 0.25) is 0 Å². The van der Waals surface area contributed by atoms with Crippen molar-refractivity contribution >= 4 is 27.9 Å². The van der Waals surface area contributed by atoms with E-state index in [4.69, 9.17) is 9.47 Å². The molecule has 0 saturated carbocycles. The zero-order valence-electron chi connectivity index (χ0n) is 10.1. The molecule has 18 heavy (non-hydrogen) atoms. The van der Waals surface area contributed by atoms with Gasteiger partial charge in [0.2, 0.25) is 0 Å². The number of benzene rings is 1. The van der Waals surface area contributed by atoms with E-state index in [1.54, 1.807) is 25.1 Å². The van der Waals surface area contributed by atoms with Crippen molar-refractivity contribution < 1.29 is 23.8 Å². The summed E-state index contributed by atoms with van der Waals surface area (Å²) in [6.07, 6.45) is 0. The minimum absolute atomic E-state index is 0.246. The van der Waals surface area contributed by atoms with Crippen molar-refractivity contribution in [3.05, 3.63) is 28.2 Å². The summed E-state index contributed by atoms with van der Waals surface area (Å²) in [5.74, 6) is -0.746. The van der Waals surface area contributed by atoms with Crippen molar-refractivity contribution in [2.24, 2.45) is 0 Å². The van der Waals surface area contributed by atoms with E-state index in [0.717, 1.165) is 0 Å². The number of carbonyl (C=O) groups excluding carboxylic acids is 2. The molecule has 6 heteroatoms. The monoisotopic (exact) mass is 316 g/mol. The van der Waals surface area contributed by atoms with Gasteiger partial charge in [-0.05, 0) is 25.1 Å². The molecule has 0 bridgehead atoms. The second-order valence-electron chi connectivity index (χ2n) is 3.23. The molecule has 0 fully saturated rings. The average Bonchev–Trinajstić information content (AvgIpc) is 2.36. The smallest absolute Gasteiger partial charge is 0.344 e. The Kier molecular flexibility index (Phi) is 5.64. The maximum Gasteiger partial charge on any atom is 0.344 e. The molecule has 0 atom stereocenters. The predicted molar refractivity (Wildman–Crippen MR) is 67.6 cm³/mol. The van der Waals surface area contributed by atoms with Gasteiger partial charge in [0.05, 0.1) is 13.7 Å². The summed E-state index contributed by atoms with van der Waals surface area (Å²) in [6, 6.07) is 4.84. The molecular formula is C12H13BrO5. The highest BCUT2D eigenvalue weighted by Crippen LogP contribution is 2.24. The van der Waals surface area contributed by atoms with Gasteiger partial charge in [-0.2, -0.15) is 0 Å². The van der Waals surface area contributed by atoms with Crippen LogP contribution in [0.25, 0.3) is 0 Å². The van der Waals surface area contributed by atoms with Gasteiger partial charge in [0.15, 0.2) is 6.61 Å². The number of carbonyl (C=O) groups is 2. The molecule has 0 aliphatic rings. The summed E-state index contributed by atoms with van der Waals surface area (Å²) >= 11 is 3.24. The van der Waals surface area contributed by atoms with Crippen molar-refractivity contribution in [2.45, 2.75) is 6.92 Å². The number of methoxy groups -OCH3 is 1. The van der Waals surface area contributed by atoms with Crippen LogP contribution in [0.1, 0.15) is 17.3 Å². The molecular weight excluding hydrogens is 304 g/mol. The van der Waals surface area contributed by atoms with Crippen molar-refractivity contribution in [1.29, 1.82) is 0 Å². The largest absolute Gasteiger partial charge is 0.481 e. The van der Waals surface area contributed by atoms with Crippen LogP contribution in [0.3, 0.4) is 0 Å². The predicted octanol–water partition coefficient (Wildman–Crippen LogP) is 2.18. The van der Waals surface area contributed by atoms with Crippen LogP contribution in [0.5, 0.6) is 5.75 Å². The zero-order chi connectivity index (χ0) is 13.5. The first-order chi connectivity index (χ1) is 8.58. The fourth-order valence-electron chi connectivity index (χ4n) is 1.24. The number of hydrogen-bond donors (Lipinski definition) is 0. The van der Waals surface area contributed by atoms with Crippen LogP contribution in [-0.4, -0.2) is 32.3 Å². The van der Waals surface area contributed by atoms with Gasteiger partial charge >= 0.3 is 11.9 Å². The lowest BCUT2D eigenvalue weighted by molar-refractivity contribution is -0.145. The van der Waals surface area contributed by atoms with E-state index >= 15 is 0 Å². The molecule has 0 saturated heterocycles. The topological polar surface area (TPSA) is 61.8 Å². The highest BCUT2D eigenvalue weighted by molar-refractivity contribution is 9.10. The molecule has 0 aliphatic heterocycles. The molecule has 1 aromatic rings. The highest BCUT2D eigenvalue weighted by Gasteiger charge is 2.15. The van der Waals surface area contributed by atoms with E-state index in [9.17, 15) is 9.59 Å². The number of ether oxygens (including phenoxy) is 3. The van der Waals surface area contributed by atoms with Gasteiger partial charge in [0.25, 0.3) is 0 Å². The Morgan fingerprint density at radius 2 is 2.06 bits per heavy atom. The van der Waals surface area contributed by atoms with Crippen LogP contribution < -0.4 is 4.74 Å². The van der Waals surface area contributed by atoms with Crippen LogP contribution in [0, 0.1) is 0 Å². The second kappa shape index (κ2) is 7.00. The van der Waals surface area contributed by atoms with Crippen LogP contribution in [0.4, 0.5) is 0 Å². The first kappa shape index (κ1) is 14.5. The van der Waals surface area contributed by atoms with Gasteiger partial charge in [-0.15, -0.1) is 0 Å². The Balaban J connectivity index is 2.81. The summed E-state index contributed by atoms with van der Waals surface area (Å²) in [7, 11) is 1.28. The van der Waals surface area contributed by atoms with E-state index < -0.39 is 11.9 Å². The van der Waals surface area contributed by atoms with E-state index in [1.165, 1.54) is 7.11 Å². The maximum absolute atomic E-state index is 11.5. The fraction of sp³-hybridized carbons (Fsp3) is 0.333. The Morgan fingerprint density at radius 3 is 2.67 bits per heavy atom. The third kappa shape index (κ3) is 4.03. The molecule has 0 N–H and O–H groups in total. The fourth-order valence-corrected chi connectivity index (χ4v) is 1.60. The van der Waals surface area contributed by atoms with Crippen molar-refractivity contribution in [1.82, 2.24) is 0 Å². The Morgan fingerprint density at radius 1 is 1.33 bits per heavy atom. The lowest BCUT2D eigenvalue weighted by atomic mass is 10.2. The van der Waals surface area contributed by atoms with Crippen molar-refractivity contribution in [3.63, 3.8) is 0 Å². The van der Waals surface area contributed by atoms with Crippen LogP contribution >= 0.6 is 15.9 Å². The lowest BCUT2D eigenvalue weighted by Gasteiger charge is -2.10. The SMILES string of the molecule is CCOC(=O)COc1ccc(Br)cc1C(=O)OC. The molecule has 5 nitrogen and oxygen atoms in total. The highest BCUT2D eigenvalue weighted by atomic mass is 79.9. The molecule has 98 valence electrons. The summed E-state index contributed by atoms with van der Waals surface area (Å²) in [5.41, 5.74) is 0.246. The normalized spacial score (nSPS) is 9.72. The zero-order valence-corrected chi connectivity index (χ0v) is 11.7. The summed E-state index contributed by atoms with van der Waals surface area (Å²) in [4.78, 5) is 22.7. The standard InChI is InChI=1S/C12H13BrO5/c1-3-17-11(14)7-18-10-5-4-8(13)6-9(10)12(15)16-2/h4-6H,3,7H2,1-2H3. The number of esters is 2. The average molecular weight is 317 g/mol. The van der Waals surface area contributed by atoms with Gasteiger partial charge in [-0.1, -0.05) is 15.9 Å². The molecule has 0 unspecified atom stereocenters. The molecule has 1 rings (SSSR count). The van der Waals surface area contributed by atoms with Crippen molar-refractivity contribution in [3.8, 4) is 5.75 Å². The summed E-state index contributed by atoms with van der Waals surface area (Å²) < 4.78 is 15.3. The van der Waals surface area contributed by atoms with Gasteiger partial charge < -0.3 is 14.2 Å². The third-order valence-corrected chi connectivity index (χ3v) is 2.49. The Hall–Kier alpha value is -1.56. The van der Waals surface area contributed by atoms with E-state index in [-0.39, 0.29) is 24.5 Å². The molecule has 0 aliphatic carbocycles. The molecule has 0 aromatic heterocycles. The first-order valence-electron chi connectivity index (χ1n) is 5.24. The minimum Gasteiger partial charge on any atom is -0.481 e. The minimum atomic E-state index is -0.532. The third-order valence-electron chi connectivity index (χ3n) is 2.00. The summed E-state index contributed by atoms with van der Waals surface area (Å²) in [6.45, 7) is 1.74. The molecule has 1 aromatic carbocycles. The second-order valence-corrected chi connectivity index (χ2v) is 4.14.